The van der Waals surface area contributed by atoms with Gasteiger partial charge in [0.05, 0.1) is 5.56 Å². The van der Waals surface area contributed by atoms with Gasteiger partial charge in [-0.1, -0.05) is 72.8 Å². The van der Waals surface area contributed by atoms with Gasteiger partial charge < -0.3 is 10.4 Å². The highest BCUT2D eigenvalue weighted by molar-refractivity contribution is 6.00. The Morgan fingerprint density at radius 3 is 1.59 bits per heavy atom. The predicted molar refractivity (Wildman–Crippen MR) is 131 cm³/mol. The maximum atomic E-state index is 12.1. The highest BCUT2D eigenvalue weighted by atomic mass is 16.5. The van der Waals surface area contributed by atoms with Crippen molar-refractivity contribution in [1.82, 2.24) is 10.8 Å². The second-order valence-electron chi connectivity index (χ2n) is 7.84. The van der Waals surface area contributed by atoms with Crippen LogP contribution in [0.3, 0.4) is 0 Å². The van der Waals surface area contributed by atoms with E-state index >= 15 is 0 Å². The molecule has 4 rings (SSSR count). The minimum absolute atomic E-state index is 0.264. The minimum atomic E-state index is -0.959. The second-order valence-corrected chi connectivity index (χ2v) is 7.84. The van der Waals surface area contributed by atoms with Crippen LogP contribution in [0.5, 0.6) is 0 Å². The van der Waals surface area contributed by atoms with Crippen molar-refractivity contribution in [3.63, 3.8) is 0 Å². The van der Waals surface area contributed by atoms with Crippen LogP contribution >= 0.6 is 0 Å². The molecule has 0 unspecified atom stereocenters. The molecule has 0 atom stereocenters. The number of carboxylic acid groups (broad SMARTS) is 1. The van der Waals surface area contributed by atoms with Crippen LogP contribution in [0, 0.1) is 0 Å². The van der Waals surface area contributed by atoms with Crippen LogP contribution < -0.4 is 10.8 Å². The Morgan fingerprint density at radius 2 is 1.12 bits per heavy atom. The molecule has 0 radical (unpaired) electrons. The zero-order valence-electron chi connectivity index (χ0n) is 18.4. The summed E-state index contributed by atoms with van der Waals surface area (Å²) in [5.41, 5.74) is 7.42. The van der Waals surface area contributed by atoms with E-state index in [9.17, 15) is 14.7 Å². The van der Waals surface area contributed by atoms with Gasteiger partial charge in [0.2, 0.25) is 0 Å². The fraction of sp³-hybridized carbons (Fsp3) is 0.0714. The topological polar surface area (TPSA) is 98.7 Å². The number of hydroxylamine groups is 1. The smallest absolute Gasteiger partial charge is 0.336 e. The Balaban J connectivity index is 1.54. The van der Waals surface area contributed by atoms with Crippen LogP contribution in [0.25, 0.3) is 22.3 Å². The van der Waals surface area contributed by atoms with Crippen molar-refractivity contribution in [3.8, 4) is 22.3 Å². The van der Waals surface area contributed by atoms with E-state index in [0.717, 1.165) is 27.8 Å². The standard InChI is InChI=1S/C28H24N2O4/c31-27(30-34)23-13-11-19(15-25(23)21-7-3-1-4-8-21)17-29-18-20-12-14-24(28(32)33)26(16-20)22-9-5-2-6-10-22/h1-16,29,34H,17-18H2,(H,30,31)(H,32,33). The van der Waals surface area contributed by atoms with Gasteiger partial charge in [-0.05, 0) is 57.6 Å². The molecule has 170 valence electrons. The maximum Gasteiger partial charge on any atom is 0.336 e. The zero-order chi connectivity index (χ0) is 23.9. The molecule has 4 N–H and O–H groups in total. The number of rotatable bonds is 8. The maximum absolute atomic E-state index is 12.1. The highest BCUT2D eigenvalue weighted by Crippen LogP contribution is 2.27. The van der Waals surface area contributed by atoms with E-state index in [1.54, 1.807) is 17.6 Å². The van der Waals surface area contributed by atoms with Crippen LogP contribution in [-0.2, 0) is 13.1 Å². The van der Waals surface area contributed by atoms with Gasteiger partial charge in [0.25, 0.3) is 5.91 Å². The number of hydrogen-bond acceptors (Lipinski definition) is 4. The van der Waals surface area contributed by atoms with Crippen molar-refractivity contribution in [2.75, 3.05) is 0 Å². The summed E-state index contributed by atoms with van der Waals surface area (Å²) in [6, 6.07) is 29.8. The number of carbonyl (C=O) groups excluding carboxylic acids is 1. The van der Waals surface area contributed by atoms with Crippen molar-refractivity contribution < 1.29 is 19.9 Å². The largest absolute Gasteiger partial charge is 0.478 e. The molecule has 0 fully saturated rings. The van der Waals surface area contributed by atoms with Crippen molar-refractivity contribution in [2.45, 2.75) is 13.1 Å². The van der Waals surface area contributed by atoms with Gasteiger partial charge in [-0.3, -0.25) is 10.0 Å². The molecule has 4 aromatic rings. The van der Waals surface area contributed by atoms with Gasteiger partial charge in [0.15, 0.2) is 0 Å². The third-order valence-corrected chi connectivity index (χ3v) is 5.57. The van der Waals surface area contributed by atoms with Crippen LogP contribution in [0.15, 0.2) is 97.1 Å². The van der Waals surface area contributed by atoms with Gasteiger partial charge in [-0.25, -0.2) is 10.3 Å². The van der Waals surface area contributed by atoms with Crippen LogP contribution in [-0.4, -0.2) is 22.2 Å². The predicted octanol–water partition coefficient (Wildman–Crippen LogP) is 5.13. The molecule has 4 aromatic carbocycles. The molecule has 34 heavy (non-hydrogen) atoms. The number of aromatic carboxylic acids is 1. The number of nitrogens with one attached hydrogen (secondary N) is 2. The summed E-state index contributed by atoms with van der Waals surface area (Å²) in [4.78, 5) is 23.8. The molecule has 0 bridgehead atoms. The molecular weight excluding hydrogens is 428 g/mol. The minimum Gasteiger partial charge on any atom is -0.478 e. The zero-order valence-corrected chi connectivity index (χ0v) is 18.4. The number of carboxylic acids is 1. The van der Waals surface area contributed by atoms with E-state index in [-0.39, 0.29) is 5.56 Å². The summed E-state index contributed by atoms with van der Waals surface area (Å²) in [7, 11) is 0. The molecule has 0 saturated heterocycles. The Morgan fingerprint density at radius 1 is 0.647 bits per heavy atom. The highest BCUT2D eigenvalue weighted by Gasteiger charge is 2.14. The number of amides is 1. The lowest BCUT2D eigenvalue weighted by Gasteiger charge is -2.13. The third-order valence-electron chi connectivity index (χ3n) is 5.57. The number of carbonyl (C=O) groups is 2. The first-order valence-electron chi connectivity index (χ1n) is 10.8. The van der Waals surface area contributed by atoms with Crippen molar-refractivity contribution in [1.29, 1.82) is 0 Å². The monoisotopic (exact) mass is 452 g/mol. The Labute approximate surface area is 197 Å². The van der Waals surface area contributed by atoms with Gasteiger partial charge in [0.1, 0.15) is 0 Å². The number of benzene rings is 4. The van der Waals surface area contributed by atoms with E-state index in [1.165, 1.54) is 0 Å². The van der Waals surface area contributed by atoms with Crippen molar-refractivity contribution in [3.05, 3.63) is 119 Å². The molecule has 0 aromatic heterocycles. The molecule has 0 aliphatic carbocycles. The van der Waals surface area contributed by atoms with E-state index in [0.29, 0.717) is 24.2 Å². The van der Waals surface area contributed by atoms with Crippen molar-refractivity contribution >= 4 is 11.9 Å². The van der Waals surface area contributed by atoms with Gasteiger partial charge in [0, 0.05) is 18.7 Å². The molecule has 0 spiro atoms. The normalized spacial score (nSPS) is 10.6. The SMILES string of the molecule is O=C(O)c1ccc(CNCc2ccc(C(=O)NO)c(-c3ccccc3)c2)cc1-c1ccccc1. The fourth-order valence-electron chi connectivity index (χ4n) is 3.91. The first kappa shape index (κ1) is 22.9. The average Bonchev–Trinajstić information content (AvgIpc) is 2.89. The van der Waals surface area contributed by atoms with E-state index < -0.39 is 11.9 Å². The lowest BCUT2D eigenvalue weighted by Crippen LogP contribution is -2.20. The summed E-state index contributed by atoms with van der Waals surface area (Å²) in [5.74, 6) is -1.52. The molecular formula is C28H24N2O4. The Bertz CT molecular complexity index is 1300. The average molecular weight is 453 g/mol. The molecule has 6 nitrogen and oxygen atoms in total. The molecule has 0 saturated carbocycles. The molecule has 0 aliphatic heterocycles. The van der Waals surface area contributed by atoms with Crippen LogP contribution in [0.1, 0.15) is 31.8 Å². The summed E-state index contributed by atoms with van der Waals surface area (Å²) in [6.45, 7) is 1.08. The molecule has 1 amide bonds. The first-order chi connectivity index (χ1) is 16.6. The lowest BCUT2D eigenvalue weighted by molar-refractivity contribution is 0.0694. The Hall–Kier alpha value is -4.26. The second kappa shape index (κ2) is 10.6. The van der Waals surface area contributed by atoms with E-state index in [1.807, 2.05) is 84.9 Å². The van der Waals surface area contributed by atoms with Crippen LogP contribution in [0.2, 0.25) is 0 Å². The number of hydrogen-bond donors (Lipinski definition) is 4. The lowest BCUT2D eigenvalue weighted by atomic mass is 9.96. The molecule has 6 heteroatoms. The third kappa shape index (κ3) is 5.20. The first-order valence-corrected chi connectivity index (χ1v) is 10.8. The summed E-state index contributed by atoms with van der Waals surface area (Å²) < 4.78 is 0. The van der Waals surface area contributed by atoms with Crippen LogP contribution in [0.4, 0.5) is 0 Å². The molecule has 0 heterocycles. The fourth-order valence-corrected chi connectivity index (χ4v) is 3.91. The quantitative estimate of drug-likeness (QED) is 0.220. The van der Waals surface area contributed by atoms with Gasteiger partial charge >= 0.3 is 5.97 Å². The van der Waals surface area contributed by atoms with Gasteiger partial charge in [-0.2, -0.15) is 0 Å². The summed E-state index contributed by atoms with van der Waals surface area (Å²) in [5, 5.41) is 22.1. The summed E-state index contributed by atoms with van der Waals surface area (Å²) >= 11 is 0. The summed E-state index contributed by atoms with van der Waals surface area (Å²) in [6.07, 6.45) is 0. The van der Waals surface area contributed by atoms with E-state index in [4.69, 9.17) is 5.21 Å². The van der Waals surface area contributed by atoms with Crippen molar-refractivity contribution in [2.24, 2.45) is 0 Å². The van der Waals surface area contributed by atoms with Gasteiger partial charge in [-0.15, -0.1) is 0 Å². The van der Waals surface area contributed by atoms with E-state index in [2.05, 4.69) is 5.32 Å². The Kier molecular flexibility index (Phi) is 7.13. The molecule has 0 aliphatic rings.